The van der Waals surface area contributed by atoms with E-state index in [4.69, 9.17) is 9.47 Å². The van der Waals surface area contributed by atoms with Crippen LogP contribution in [0, 0.1) is 5.92 Å². The van der Waals surface area contributed by atoms with Crippen molar-refractivity contribution in [1.82, 2.24) is 10.3 Å². The summed E-state index contributed by atoms with van der Waals surface area (Å²) >= 11 is 0. The monoisotopic (exact) mass is 356 g/mol. The number of ether oxygens (including phenoxy) is 2. The van der Waals surface area contributed by atoms with Gasteiger partial charge in [0, 0.05) is 36.7 Å². The van der Waals surface area contributed by atoms with Gasteiger partial charge in [-0.15, -0.1) is 0 Å². The molecule has 1 aromatic carbocycles. The summed E-state index contributed by atoms with van der Waals surface area (Å²) in [6.45, 7) is 2.09. The maximum absolute atomic E-state index is 12.4. The van der Waals surface area contributed by atoms with Gasteiger partial charge < -0.3 is 19.8 Å². The Bertz CT molecular complexity index is 738. The van der Waals surface area contributed by atoms with Crippen LogP contribution in [0.5, 0.6) is 0 Å². The van der Waals surface area contributed by atoms with E-state index in [1.54, 1.807) is 0 Å². The number of carbonyl (C=O) groups excluding carboxylic acids is 1. The number of para-hydroxylation sites is 1. The van der Waals surface area contributed by atoms with Gasteiger partial charge in [-0.25, -0.2) is 0 Å². The molecule has 2 fully saturated rings. The summed E-state index contributed by atoms with van der Waals surface area (Å²) in [7, 11) is 0. The summed E-state index contributed by atoms with van der Waals surface area (Å²) in [5, 5.41) is 4.43. The molecule has 1 aliphatic heterocycles. The molecule has 2 heterocycles. The first-order valence-corrected chi connectivity index (χ1v) is 9.83. The third-order valence-electron chi connectivity index (χ3n) is 5.42. The molecule has 1 aromatic heterocycles. The number of hydrogen-bond donors (Lipinski definition) is 2. The highest BCUT2D eigenvalue weighted by Crippen LogP contribution is 2.30. The van der Waals surface area contributed by atoms with E-state index in [0.29, 0.717) is 19.6 Å². The van der Waals surface area contributed by atoms with Crippen LogP contribution in [0.15, 0.2) is 30.5 Å². The van der Waals surface area contributed by atoms with Crippen molar-refractivity contribution in [3.05, 3.63) is 36.0 Å². The Morgan fingerprint density at radius 1 is 1.27 bits per heavy atom. The van der Waals surface area contributed by atoms with Crippen LogP contribution >= 0.6 is 0 Å². The van der Waals surface area contributed by atoms with Gasteiger partial charge in [0.2, 0.25) is 5.91 Å². The van der Waals surface area contributed by atoms with Gasteiger partial charge in [0.1, 0.15) is 6.10 Å². The standard InChI is InChI=1S/C21H28N2O3/c24-21(7-3-4-16-12-22-18-6-2-1-5-17(16)18)23-19-10-11-25-14-20(19)26-13-15-8-9-15/h1-2,5-6,12,15,19-20,22H,3-4,7-11,13-14H2,(H,23,24). The molecular formula is C21H28N2O3. The number of amides is 1. The van der Waals surface area contributed by atoms with Crippen molar-refractivity contribution in [3.63, 3.8) is 0 Å². The second-order valence-electron chi connectivity index (χ2n) is 7.57. The van der Waals surface area contributed by atoms with Crippen LogP contribution in [0.2, 0.25) is 0 Å². The van der Waals surface area contributed by atoms with Crippen LogP contribution < -0.4 is 5.32 Å². The number of fused-ring (bicyclic) bond motifs is 1. The summed E-state index contributed by atoms with van der Waals surface area (Å²) in [4.78, 5) is 15.7. The minimum atomic E-state index is 0.00178. The van der Waals surface area contributed by atoms with Crippen molar-refractivity contribution in [1.29, 1.82) is 0 Å². The number of aromatic nitrogens is 1. The Morgan fingerprint density at radius 3 is 3.04 bits per heavy atom. The van der Waals surface area contributed by atoms with Crippen molar-refractivity contribution in [2.24, 2.45) is 5.92 Å². The highest BCUT2D eigenvalue weighted by molar-refractivity contribution is 5.83. The molecule has 1 aliphatic carbocycles. The zero-order valence-electron chi connectivity index (χ0n) is 15.2. The molecule has 26 heavy (non-hydrogen) atoms. The SMILES string of the molecule is O=C(CCCc1c[nH]c2ccccc12)NC1CCOCC1OCC1CC1. The summed E-state index contributed by atoms with van der Waals surface area (Å²) in [6, 6.07) is 8.39. The highest BCUT2D eigenvalue weighted by atomic mass is 16.5. The number of nitrogens with one attached hydrogen (secondary N) is 2. The van der Waals surface area contributed by atoms with Crippen LogP contribution in [0.3, 0.4) is 0 Å². The average molecular weight is 356 g/mol. The third kappa shape index (κ3) is 4.46. The molecule has 1 saturated carbocycles. The van der Waals surface area contributed by atoms with E-state index in [-0.39, 0.29) is 18.1 Å². The van der Waals surface area contributed by atoms with Gasteiger partial charge in [0.05, 0.1) is 12.6 Å². The van der Waals surface area contributed by atoms with E-state index in [1.165, 1.54) is 23.8 Å². The maximum Gasteiger partial charge on any atom is 0.220 e. The quantitative estimate of drug-likeness (QED) is 0.763. The second-order valence-corrected chi connectivity index (χ2v) is 7.57. The third-order valence-corrected chi connectivity index (χ3v) is 5.42. The van der Waals surface area contributed by atoms with Crippen molar-refractivity contribution >= 4 is 16.8 Å². The van der Waals surface area contributed by atoms with Gasteiger partial charge in [-0.3, -0.25) is 4.79 Å². The van der Waals surface area contributed by atoms with E-state index in [9.17, 15) is 4.79 Å². The van der Waals surface area contributed by atoms with Crippen molar-refractivity contribution in [3.8, 4) is 0 Å². The Morgan fingerprint density at radius 2 is 2.15 bits per heavy atom. The Hall–Kier alpha value is -1.85. The van der Waals surface area contributed by atoms with Crippen molar-refractivity contribution in [2.45, 2.75) is 50.7 Å². The lowest BCUT2D eigenvalue weighted by molar-refractivity contribution is -0.126. The van der Waals surface area contributed by atoms with Gasteiger partial charge in [-0.05, 0) is 49.7 Å². The smallest absolute Gasteiger partial charge is 0.220 e. The summed E-state index contributed by atoms with van der Waals surface area (Å²) in [5.41, 5.74) is 2.44. The summed E-state index contributed by atoms with van der Waals surface area (Å²) < 4.78 is 11.5. The van der Waals surface area contributed by atoms with Gasteiger partial charge in [0.25, 0.3) is 0 Å². The molecule has 0 spiro atoms. The number of carbonyl (C=O) groups is 1. The fourth-order valence-corrected chi connectivity index (χ4v) is 3.64. The lowest BCUT2D eigenvalue weighted by Crippen LogP contribution is -2.50. The van der Waals surface area contributed by atoms with E-state index in [2.05, 4.69) is 34.7 Å². The minimum absolute atomic E-state index is 0.00178. The number of H-pyrrole nitrogens is 1. The fraction of sp³-hybridized carbons (Fsp3) is 0.571. The maximum atomic E-state index is 12.4. The zero-order chi connectivity index (χ0) is 17.8. The van der Waals surface area contributed by atoms with Gasteiger partial charge >= 0.3 is 0 Å². The van der Waals surface area contributed by atoms with Crippen LogP contribution in [0.25, 0.3) is 10.9 Å². The summed E-state index contributed by atoms with van der Waals surface area (Å²) in [6.07, 6.45) is 7.76. The average Bonchev–Trinajstić information content (AvgIpc) is 3.41. The minimum Gasteiger partial charge on any atom is -0.379 e. The van der Waals surface area contributed by atoms with E-state index in [0.717, 1.165) is 37.3 Å². The van der Waals surface area contributed by atoms with Crippen molar-refractivity contribution < 1.29 is 14.3 Å². The Balaban J connectivity index is 1.23. The molecular weight excluding hydrogens is 328 g/mol. The molecule has 0 radical (unpaired) electrons. The molecule has 5 nitrogen and oxygen atoms in total. The molecule has 2 aliphatic rings. The Labute approximate surface area is 154 Å². The molecule has 2 N–H and O–H groups in total. The van der Waals surface area contributed by atoms with Crippen LogP contribution in [-0.4, -0.2) is 42.9 Å². The lowest BCUT2D eigenvalue weighted by atomic mass is 10.0. The molecule has 1 amide bonds. The molecule has 2 unspecified atom stereocenters. The Kier molecular flexibility index (Phi) is 5.56. The number of hydrogen-bond acceptors (Lipinski definition) is 3. The summed E-state index contributed by atoms with van der Waals surface area (Å²) in [5.74, 6) is 0.848. The zero-order valence-corrected chi connectivity index (χ0v) is 15.2. The van der Waals surface area contributed by atoms with Crippen molar-refractivity contribution in [2.75, 3.05) is 19.8 Å². The number of benzene rings is 1. The first-order chi connectivity index (χ1) is 12.8. The first-order valence-electron chi connectivity index (χ1n) is 9.83. The van der Waals surface area contributed by atoms with Gasteiger partial charge in [-0.2, -0.15) is 0 Å². The topological polar surface area (TPSA) is 63.4 Å². The molecule has 2 atom stereocenters. The molecule has 2 aromatic rings. The van der Waals surface area contributed by atoms with Crippen LogP contribution in [0.1, 0.15) is 37.7 Å². The number of aryl methyl sites for hydroxylation is 1. The molecule has 5 heteroatoms. The number of rotatable bonds is 8. The molecule has 0 bridgehead atoms. The molecule has 140 valence electrons. The predicted molar refractivity (Wildman–Crippen MR) is 101 cm³/mol. The lowest BCUT2D eigenvalue weighted by Gasteiger charge is -2.32. The van der Waals surface area contributed by atoms with E-state index in [1.807, 2.05) is 6.07 Å². The molecule has 4 rings (SSSR count). The van der Waals surface area contributed by atoms with E-state index < -0.39 is 0 Å². The van der Waals surface area contributed by atoms with Crippen LogP contribution in [-0.2, 0) is 20.7 Å². The predicted octanol–water partition coefficient (Wildman–Crippen LogP) is 3.19. The highest BCUT2D eigenvalue weighted by Gasteiger charge is 2.30. The van der Waals surface area contributed by atoms with Gasteiger partial charge in [0.15, 0.2) is 0 Å². The molecule has 1 saturated heterocycles. The first kappa shape index (κ1) is 17.6. The van der Waals surface area contributed by atoms with Gasteiger partial charge in [-0.1, -0.05) is 18.2 Å². The second kappa shape index (κ2) is 8.23. The number of aromatic amines is 1. The van der Waals surface area contributed by atoms with E-state index >= 15 is 0 Å². The normalized spacial score (nSPS) is 23.2. The largest absolute Gasteiger partial charge is 0.379 e. The van der Waals surface area contributed by atoms with Crippen LogP contribution in [0.4, 0.5) is 0 Å². The fourth-order valence-electron chi connectivity index (χ4n) is 3.64.